The van der Waals surface area contributed by atoms with Gasteiger partial charge in [0, 0.05) is 9.61 Å². The van der Waals surface area contributed by atoms with E-state index in [0.29, 0.717) is 0 Å². The molecule has 0 bridgehead atoms. The van der Waals surface area contributed by atoms with Gasteiger partial charge in [-0.25, -0.2) is 0 Å². The summed E-state index contributed by atoms with van der Waals surface area (Å²) in [5.74, 6) is 0. The Morgan fingerprint density at radius 1 is 1.50 bits per heavy atom. The van der Waals surface area contributed by atoms with E-state index in [1.54, 1.807) is 0 Å². The fourth-order valence-corrected chi connectivity index (χ4v) is 1.77. The molecule has 2 heteroatoms. The summed E-state index contributed by atoms with van der Waals surface area (Å²) in [6.45, 7) is 4.19. The van der Waals surface area contributed by atoms with Crippen molar-refractivity contribution in [3.63, 3.8) is 0 Å². The zero-order valence-electron chi connectivity index (χ0n) is 7.47. The average molecular weight is 275 g/mol. The molecule has 0 aliphatic rings. The molecule has 66 valence electrons. The number of nitrogens with two attached hydrogens (primary N) is 1. The number of rotatable bonds is 2. The van der Waals surface area contributed by atoms with Crippen molar-refractivity contribution in [1.29, 1.82) is 0 Å². The molecule has 1 nitrogen and oxygen atoms in total. The lowest BCUT2D eigenvalue weighted by molar-refractivity contribution is 0.734. The largest absolute Gasteiger partial charge is 0.328 e. The first-order chi connectivity index (χ1) is 5.61. The van der Waals surface area contributed by atoms with E-state index >= 15 is 0 Å². The molecule has 0 heterocycles. The van der Waals surface area contributed by atoms with E-state index in [4.69, 9.17) is 5.73 Å². The smallest absolute Gasteiger partial charge is 0.0162 e. The van der Waals surface area contributed by atoms with Gasteiger partial charge in [-0.15, -0.1) is 0 Å². The van der Waals surface area contributed by atoms with Crippen molar-refractivity contribution in [3.05, 3.63) is 32.9 Å². The van der Waals surface area contributed by atoms with Gasteiger partial charge in [-0.2, -0.15) is 0 Å². The highest BCUT2D eigenvalue weighted by Crippen LogP contribution is 2.16. The number of hydrogen-bond acceptors (Lipinski definition) is 1. The second kappa shape index (κ2) is 4.23. The molecule has 0 aliphatic carbocycles. The van der Waals surface area contributed by atoms with Crippen LogP contribution in [0.4, 0.5) is 0 Å². The van der Waals surface area contributed by atoms with Crippen LogP contribution in [0.3, 0.4) is 0 Å². The van der Waals surface area contributed by atoms with Crippen molar-refractivity contribution >= 4 is 22.6 Å². The van der Waals surface area contributed by atoms with Crippen LogP contribution in [0.15, 0.2) is 18.2 Å². The van der Waals surface area contributed by atoms with Crippen molar-refractivity contribution in [2.24, 2.45) is 5.73 Å². The Labute approximate surface area is 87.5 Å². The molecule has 0 unspecified atom stereocenters. The zero-order chi connectivity index (χ0) is 9.14. The summed E-state index contributed by atoms with van der Waals surface area (Å²) in [5, 5.41) is 0. The third-order valence-electron chi connectivity index (χ3n) is 1.92. The van der Waals surface area contributed by atoms with Crippen LogP contribution in [0.1, 0.15) is 18.1 Å². The van der Waals surface area contributed by atoms with E-state index < -0.39 is 0 Å². The second-order valence-electron chi connectivity index (χ2n) is 3.21. The van der Waals surface area contributed by atoms with Crippen LogP contribution >= 0.6 is 22.6 Å². The summed E-state index contributed by atoms with van der Waals surface area (Å²) < 4.78 is 1.32. The van der Waals surface area contributed by atoms with Crippen LogP contribution in [0.5, 0.6) is 0 Å². The fraction of sp³-hybridized carbons (Fsp3) is 0.400. The molecule has 1 aromatic rings. The number of benzene rings is 1. The molecule has 0 saturated carbocycles. The highest BCUT2D eigenvalue weighted by molar-refractivity contribution is 14.1. The van der Waals surface area contributed by atoms with E-state index in [2.05, 4.69) is 47.7 Å². The summed E-state index contributed by atoms with van der Waals surface area (Å²) in [4.78, 5) is 0. The molecular formula is C10H14IN. The summed E-state index contributed by atoms with van der Waals surface area (Å²) in [5.41, 5.74) is 8.48. The lowest BCUT2D eigenvalue weighted by atomic mass is 10.0. The Morgan fingerprint density at radius 2 is 2.17 bits per heavy atom. The first-order valence-corrected chi connectivity index (χ1v) is 5.18. The van der Waals surface area contributed by atoms with Gasteiger partial charge in [0.1, 0.15) is 0 Å². The van der Waals surface area contributed by atoms with Gasteiger partial charge in [0.25, 0.3) is 0 Å². The van der Waals surface area contributed by atoms with E-state index in [1.807, 2.05) is 6.92 Å². The minimum atomic E-state index is 0.252. The van der Waals surface area contributed by atoms with Crippen LogP contribution in [-0.2, 0) is 6.42 Å². The van der Waals surface area contributed by atoms with Crippen LogP contribution in [0.25, 0.3) is 0 Å². The molecule has 0 fully saturated rings. The highest BCUT2D eigenvalue weighted by Gasteiger charge is 2.03. The summed E-state index contributed by atoms with van der Waals surface area (Å²) >= 11 is 2.36. The quantitative estimate of drug-likeness (QED) is 0.824. The Bertz CT molecular complexity index is 269. The van der Waals surface area contributed by atoms with Gasteiger partial charge in [0.15, 0.2) is 0 Å². The van der Waals surface area contributed by atoms with Crippen molar-refractivity contribution in [2.45, 2.75) is 26.3 Å². The predicted octanol–water partition coefficient (Wildman–Crippen LogP) is 2.49. The molecular weight excluding hydrogens is 261 g/mol. The van der Waals surface area contributed by atoms with Crippen molar-refractivity contribution in [2.75, 3.05) is 0 Å². The Morgan fingerprint density at radius 3 is 2.75 bits per heavy atom. The Balaban J connectivity index is 2.92. The molecule has 0 spiro atoms. The van der Waals surface area contributed by atoms with Crippen molar-refractivity contribution in [3.8, 4) is 0 Å². The van der Waals surface area contributed by atoms with E-state index in [9.17, 15) is 0 Å². The number of hydrogen-bond donors (Lipinski definition) is 1. The molecule has 1 atom stereocenters. The minimum absolute atomic E-state index is 0.252. The summed E-state index contributed by atoms with van der Waals surface area (Å²) in [6.07, 6.45) is 0.975. The van der Waals surface area contributed by atoms with Gasteiger partial charge >= 0.3 is 0 Å². The molecule has 0 aromatic heterocycles. The lowest BCUT2D eigenvalue weighted by Crippen LogP contribution is -2.18. The van der Waals surface area contributed by atoms with Gasteiger partial charge in [-0.05, 0) is 60.1 Å². The predicted molar refractivity (Wildman–Crippen MR) is 61.2 cm³/mol. The summed E-state index contributed by atoms with van der Waals surface area (Å²) in [7, 11) is 0. The van der Waals surface area contributed by atoms with Gasteiger partial charge in [-0.1, -0.05) is 12.1 Å². The normalized spacial score (nSPS) is 13.0. The van der Waals surface area contributed by atoms with Gasteiger partial charge < -0.3 is 5.73 Å². The lowest BCUT2D eigenvalue weighted by Gasteiger charge is -2.09. The van der Waals surface area contributed by atoms with Crippen molar-refractivity contribution < 1.29 is 0 Å². The van der Waals surface area contributed by atoms with Crippen LogP contribution in [-0.4, -0.2) is 6.04 Å². The second-order valence-corrected chi connectivity index (χ2v) is 4.37. The first-order valence-electron chi connectivity index (χ1n) is 4.11. The monoisotopic (exact) mass is 275 g/mol. The van der Waals surface area contributed by atoms with E-state index in [-0.39, 0.29) is 6.04 Å². The topological polar surface area (TPSA) is 26.0 Å². The summed E-state index contributed by atoms with van der Waals surface area (Å²) in [6, 6.07) is 6.62. The van der Waals surface area contributed by atoms with Crippen LogP contribution in [0.2, 0.25) is 0 Å². The molecule has 0 amide bonds. The SMILES string of the molecule is Cc1c(I)cccc1C[C@H](C)N. The van der Waals surface area contributed by atoms with Gasteiger partial charge in [-0.3, -0.25) is 0 Å². The molecule has 0 saturated heterocycles. The average Bonchev–Trinajstić information content (AvgIpc) is 1.98. The van der Waals surface area contributed by atoms with Crippen LogP contribution in [0, 0.1) is 10.5 Å². The Kier molecular flexibility index (Phi) is 3.53. The molecule has 0 radical (unpaired) electrons. The maximum absolute atomic E-state index is 5.74. The first kappa shape index (κ1) is 9.99. The standard InChI is InChI=1S/C10H14IN/c1-7(12)6-9-4-3-5-10(11)8(9)2/h3-5,7H,6,12H2,1-2H3/t7-/m0/s1. The van der Waals surface area contributed by atoms with Crippen LogP contribution < -0.4 is 5.73 Å². The maximum atomic E-state index is 5.74. The Hall–Kier alpha value is -0.0900. The fourth-order valence-electron chi connectivity index (χ4n) is 1.22. The van der Waals surface area contributed by atoms with Crippen molar-refractivity contribution in [1.82, 2.24) is 0 Å². The highest BCUT2D eigenvalue weighted by atomic mass is 127. The molecule has 12 heavy (non-hydrogen) atoms. The molecule has 1 rings (SSSR count). The third-order valence-corrected chi connectivity index (χ3v) is 3.09. The van der Waals surface area contributed by atoms with E-state index in [1.165, 1.54) is 14.7 Å². The third kappa shape index (κ3) is 2.45. The van der Waals surface area contributed by atoms with Gasteiger partial charge in [0.05, 0.1) is 0 Å². The molecule has 2 N–H and O–H groups in total. The molecule has 1 aromatic carbocycles. The zero-order valence-corrected chi connectivity index (χ0v) is 9.63. The van der Waals surface area contributed by atoms with Gasteiger partial charge in [0.2, 0.25) is 0 Å². The minimum Gasteiger partial charge on any atom is -0.328 e. The maximum Gasteiger partial charge on any atom is 0.0162 e. The van der Waals surface area contributed by atoms with E-state index in [0.717, 1.165) is 6.42 Å². The number of halogens is 1. The molecule has 0 aliphatic heterocycles.